The molecule has 1 heterocycles. The average Bonchev–Trinajstić information content (AvgIpc) is 2.51. The summed E-state index contributed by atoms with van der Waals surface area (Å²) in [6.45, 7) is 2.74. The van der Waals surface area contributed by atoms with E-state index in [0.29, 0.717) is 6.54 Å². The Labute approximate surface area is 124 Å². The molecule has 0 spiro atoms. The van der Waals surface area contributed by atoms with Crippen LogP contribution in [0, 0.1) is 6.92 Å². The molecule has 0 amide bonds. The van der Waals surface area contributed by atoms with Gasteiger partial charge in [0, 0.05) is 11.6 Å². The van der Waals surface area contributed by atoms with E-state index in [4.69, 9.17) is 10.5 Å². The lowest BCUT2D eigenvalue weighted by Crippen LogP contribution is -2.04. The highest BCUT2D eigenvalue weighted by Gasteiger charge is 2.06. The summed E-state index contributed by atoms with van der Waals surface area (Å²) in [7, 11) is 0. The van der Waals surface area contributed by atoms with Crippen LogP contribution in [0.2, 0.25) is 0 Å². The van der Waals surface area contributed by atoms with Gasteiger partial charge in [-0.15, -0.1) is 0 Å². The van der Waals surface area contributed by atoms with Gasteiger partial charge in [-0.25, -0.2) is 0 Å². The third-order valence-electron chi connectivity index (χ3n) is 3.55. The van der Waals surface area contributed by atoms with Gasteiger partial charge in [0.1, 0.15) is 11.3 Å². The second kappa shape index (κ2) is 5.94. The summed E-state index contributed by atoms with van der Waals surface area (Å²) < 4.78 is 6.01. The van der Waals surface area contributed by atoms with Crippen LogP contribution in [0.4, 0.5) is 0 Å². The van der Waals surface area contributed by atoms with Crippen LogP contribution in [-0.4, -0.2) is 11.5 Å². The summed E-state index contributed by atoms with van der Waals surface area (Å²) >= 11 is 0. The van der Waals surface area contributed by atoms with Crippen molar-refractivity contribution < 1.29 is 4.74 Å². The predicted octanol–water partition coefficient (Wildman–Crippen LogP) is 3.84. The lowest BCUT2D eigenvalue weighted by Gasteiger charge is -2.11. The quantitative estimate of drug-likeness (QED) is 0.789. The SMILES string of the molecule is Cc1cc(Oc2cccc3cccnc23)ccc1CCN. The number of fused-ring (bicyclic) bond motifs is 1. The fraction of sp³-hybridized carbons (Fsp3) is 0.167. The number of benzene rings is 2. The summed E-state index contributed by atoms with van der Waals surface area (Å²) in [5, 5.41) is 1.08. The van der Waals surface area contributed by atoms with Crippen molar-refractivity contribution in [2.24, 2.45) is 5.73 Å². The molecule has 3 aromatic rings. The topological polar surface area (TPSA) is 48.1 Å². The lowest BCUT2D eigenvalue weighted by atomic mass is 10.1. The van der Waals surface area contributed by atoms with E-state index in [9.17, 15) is 0 Å². The number of ether oxygens (including phenoxy) is 1. The highest BCUT2D eigenvalue weighted by atomic mass is 16.5. The third kappa shape index (κ3) is 2.88. The molecule has 0 aliphatic carbocycles. The van der Waals surface area contributed by atoms with Crippen molar-refractivity contribution in [2.75, 3.05) is 6.54 Å². The number of nitrogens with zero attached hydrogens (tertiary/aromatic N) is 1. The fourth-order valence-corrected chi connectivity index (χ4v) is 2.45. The Morgan fingerprint density at radius 2 is 1.95 bits per heavy atom. The van der Waals surface area contributed by atoms with Crippen LogP contribution in [0.15, 0.2) is 54.7 Å². The Kier molecular flexibility index (Phi) is 3.84. The van der Waals surface area contributed by atoms with Crippen molar-refractivity contribution in [1.29, 1.82) is 0 Å². The molecule has 0 fully saturated rings. The Bertz CT molecular complexity index is 763. The molecule has 2 N–H and O–H groups in total. The van der Waals surface area contributed by atoms with Crippen LogP contribution >= 0.6 is 0 Å². The number of pyridine rings is 1. The minimum Gasteiger partial charge on any atom is -0.455 e. The van der Waals surface area contributed by atoms with Crippen LogP contribution in [0.1, 0.15) is 11.1 Å². The van der Waals surface area contributed by atoms with Gasteiger partial charge in [0.15, 0.2) is 5.75 Å². The van der Waals surface area contributed by atoms with Crippen molar-refractivity contribution in [2.45, 2.75) is 13.3 Å². The lowest BCUT2D eigenvalue weighted by molar-refractivity contribution is 0.486. The Morgan fingerprint density at radius 1 is 1.10 bits per heavy atom. The maximum absolute atomic E-state index is 6.01. The van der Waals surface area contributed by atoms with Crippen LogP contribution < -0.4 is 10.5 Å². The minimum absolute atomic E-state index is 0.661. The molecule has 0 atom stereocenters. The van der Waals surface area contributed by atoms with Crippen molar-refractivity contribution in [1.82, 2.24) is 4.98 Å². The molecule has 1 aromatic heterocycles. The van der Waals surface area contributed by atoms with Gasteiger partial charge in [-0.2, -0.15) is 0 Å². The zero-order valence-corrected chi connectivity index (χ0v) is 12.0. The summed E-state index contributed by atoms with van der Waals surface area (Å²) in [5.41, 5.74) is 8.96. The summed E-state index contributed by atoms with van der Waals surface area (Å²) in [6, 6.07) is 16.0. The highest BCUT2D eigenvalue weighted by Crippen LogP contribution is 2.29. The van der Waals surface area contributed by atoms with Crippen LogP contribution in [0.5, 0.6) is 11.5 Å². The zero-order valence-electron chi connectivity index (χ0n) is 12.0. The van der Waals surface area contributed by atoms with E-state index in [1.807, 2.05) is 42.5 Å². The molecule has 3 heteroatoms. The largest absolute Gasteiger partial charge is 0.455 e. The number of aryl methyl sites for hydroxylation is 1. The number of para-hydroxylation sites is 1. The zero-order chi connectivity index (χ0) is 14.7. The first-order valence-electron chi connectivity index (χ1n) is 7.09. The first-order chi connectivity index (χ1) is 10.3. The molecule has 0 unspecified atom stereocenters. The van der Waals surface area contributed by atoms with Crippen molar-refractivity contribution in [3.8, 4) is 11.5 Å². The Hall–Kier alpha value is -2.39. The van der Waals surface area contributed by atoms with E-state index in [2.05, 4.69) is 18.0 Å². The van der Waals surface area contributed by atoms with Gasteiger partial charge >= 0.3 is 0 Å². The van der Waals surface area contributed by atoms with Gasteiger partial charge in [0.05, 0.1) is 0 Å². The highest BCUT2D eigenvalue weighted by molar-refractivity contribution is 5.84. The van der Waals surface area contributed by atoms with Crippen molar-refractivity contribution in [3.05, 3.63) is 65.9 Å². The first-order valence-corrected chi connectivity index (χ1v) is 7.09. The summed E-state index contributed by atoms with van der Waals surface area (Å²) in [5.74, 6) is 1.60. The average molecular weight is 278 g/mol. The number of aromatic nitrogens is 1. The molecule has 106 valence electrons. The first kappa shape index (κ1) is 13.6. The van der Waals surface area contributed by atoms with Crippen LogP contribution in [-0.2, 0) is 6.42 Å². The van der Waals surface area contributed by atoms with E-state index in [-0.39, 0.29) is 0 Å². The predicted molar refractivity (Wildman–Crippen MR) is 85.8 cm³/mol. The monoisotopic (exact) mass is 278 g/mol. The normalized spacial score (nSPS) is 10.8. The van der Waals surface area contributed by atoms with Gasteiger partial charge in [0.2, 0.25) is 0 Å². The molecular weight excluding hydrogens is 260 g/mol. The van der Waals surface area contributed by atoms with Crippen LogP contribution in [0.25, 0.3) is 10.9 Å². The van der Waals surface area contributed by atoms with E-state index < -0.39 is 0 Å². The molecule has 0 aliphatic heterocycles. The van der Waals surface area contributed by atoms with Crippen LogP contribution in [0.3, 0.4) is 0 Å². The van der Waals surface area contributed by atoms with Gasteiger partial charge in [-0.05, 0) is 55.3 Å². The third-order valence-corrected chi connectivity index (χ3v) is 3.55. The van der Waals surface area contributed by atoms with Crippen molar-refractivity contribution in [3.63, 3.8) is 0 Å². The second-order valence-electron chi connectivity index (χ2n) is 5.06. The van der Waals surface area contributed by atoms with Crippen molar-refractivity contribution >= 4 is 10.9 Å². The molecule has 0 bridgehead atoms. The minimum atomic E-state index is 0.661. The van der Waals surface area contributed by atoms with Gasteiger partial charge in [0.25, 0.3) is 0 Å². The fourth-order valence-electron chi connectivity index (χ4n) is 2.45. The number of hydrogen-bond acceptors (Lipinski definition) is 3. The molecular formula is C18H18N2O. The van der Waals surface area contributed by atoms with Gasteiger partial charge < -0.3 is 10.5 Å². The van der Waals surface area contributed by atoms with E-state index in [1.165, 1.54) is 11.1 Å². The summed E-state index contributed by atoms with van der Waals surface area (Å²) in [4.78, 5) is 4.41. The maximum atomic E-state index is 6.01. The van der Waals surface area contributed by atoms with E-state index >= 15 is 0 Å². The Morgan fingerprint density at radius 3 is 2.76 bits per heavy atom. The number of nitrogens with two attached hydrogens (primary N) is 1. The molecule has 0 aliphatic rings. The standard InChI is InChI=1S/C18H18N2O/c1-13-12-16(8-7-14(13)9-10-19)21-17-6-2-4-15-5-3-11-20-18(15)17/h2-8,11-12H,9-10,19H2,1H3. The maximum Gasteiger partial charge on any atom is 0.153 e. The molecule has 0 radical (unpaired) electrons. The van der Waals surface area contributed by atoms with Gasteiger partial charge in [-0.1, -0.05) is 24.3 Å². The summed E-state index contributed by atoms with van der Waals surface area (Å²) in [6.07, 6.45) is 2.67. The molecule has 0 saturated heterocycles. The molecule has 3 nitrogen and oxygen atoms in total. The van der Waals surface area contributed by atoms with E-state index in [0.717, 1.165) is 28.8 Å². The smallest absolute Gasteiger partial charge is 0.153 e. The molecule has 21 heavy (non-hydrogen) atoms. The molecule has 2 aromatic carbocycles. The number of rotatable bonds is 4. The number of hydrogen-bond donors (Lipinski definition) is 1. The Balaban J connectivity index is 1.93. The second-order valence-corrected chi connectivity index (χ2v) is 5.06. The molecule has 0 saturated carbocycles. The molecule has 3 rings (SSSR count). The van der Waals surface area contributed by atoms with Gasteiger partial charge in [-0.3, -0.25) is 4.98 Å². The van der Waals surface area contributed by atoms with E-state index in [1.54, 1.807) is 6.20 Å².